The molecule has 0 spiro atoms. The Kier molecular flexibility index (Phi) is 10.6. The molecule has 2 saturated heterocycles. The number of nitrogens with zero attached hydrogens (tertiary/aromatic N) is 1. The molecule has 1 aromatic carbocycles. The minimum Gasteiger partial charge on any atom is -0.356 e. The second-order valence-corrected chi connectivity index (χ2v) is 13.6. The van der Waals surface area contributed by atoms with Gasteiger partial charge in [0.25, 0.3) is 5.91 Å². The molecular formula is C34H47N5O6. The van der Waals surface area contributed by atoms with Gasteiger partial charge in [-0.15, -0.1) is 0 Å². The van der Waals surface area contributed by atoms with Crippen molar-refractivity contribution in [3.63, 3.8) is 0 Å². The molecule has 2 aliphatic heterocycles. The Labute approximate surface area is 265 Å². The number of carbonyl (C=O) groups excluding carboxylic acids is 6. The van der Waals surface area contributed by atoms with E-state index in [4.69, 9.17) is 0 Å². The molecule has 1 unspecified atom stereocenters. The number of ketones is 1. The van der Waals surface area contributed by atoms with Crippen molar-refractivity contribution >= 4 is 35.3 Å². The second kappa shape index (κ2) is 14.6. The van der Waals surface area contributed by atoms with Gasteiger partial charge in [0, 0.05) is 36.9 Å². The Balaban J connectivity index is 1.40. The molecule has 2 heterocycles. The van der Waals surface area contributed by atoms with E-state index in [2.05, 4.69) is 21.3 Å². The summed E-state index contributed by atoms with van der Waals surface area (Å²) in [5, 5.41) is 11.2. The number of hydrogen-bond acceptors (Lipinski definition) is 6. The van der Waals surface area contributed by atoms with Gasteiger partial charge in [-0.2, -0.15) is 0 Å². The van der Waals surface area contributed by atoms with E-state index in [9.17, 15) is 28.8 Å². The number of amides is 5. The van der Waals surface area contributed by atoms with Gasteiger partial charge in [0.1, 0.15) is 12.1 Å². The Morgan fingerprint density at radius 2 is 1.60 bits per heavy atom. The van der Waals surface area contributed by atoms with Crippen molar-refractivity contribution in [1.29, 1.82) is 0 Å². The third-order valence-electron chi connectivity index (χ3n) is 10.0. The molecule has 11 heteroatoms. The smallest absolute Gasteiger partial charge is 0.289 e. The van der Waals surface area contributed by atoms with Crippen LogP contribution in [-0.2, 0) is 28.8 Å². The lowest BCUT2D eigenvalue weighted by atomic mass is 9.84. The van der Waals surface area contributed by atoms with Crippen molar-refractivity contribution in [1.82, 2.24) is 26.2 Å². The first-order chi connectivity index (χ1) is 21.6. The average molecular weight is 622 g/mol. The number of rotatable bonds is 12. The third kappa shape index (κ3) is 7.73. The van der Waals surface area contributed by atoms with E-state index in [1.165, 1.54) is 0 Å². The zero-order chi connectivity index (χ0) is 32.1. The fraction of sp³-hybridized carbons (Fsp3) is 0.647. The van der Waals surface area contributed by atoms with Crippen molar-refractivity contribution in [2.75, 3.05) is 13.1 Å². The van der Waals surface area contributed by atoms with Gasteiger partial charge in [-0.1, -0.05) is 49.6 Å². The minimum absolute atomic E-state index is 0.00375. The highest BCUT2D eigenvalue weighted by Gasteiger charge is 2.46. The number of hydrogen-bond donors (Lipinski definition) is 4. The molecule has 4 N–H and O–H groups in total. The molecule has 4 aliphatic rings. The maximum absolute atomic E-state index is 14.4. The first-order valence-corrected chi connectivity index (χ1v) is 16.7. The molecule has 5 atom stereocenters. The number of benzene rings is 1. The van der Waals surface area contributed by atoms with E-state index in [1.54, 1.807) is 18.7 Å². The Morgan fingerprint density at radius 3 is 2.20 bits per heavy atom. The van der Waals surface area contributed by atoms with Crippen LogP contribution in [0.2, 0.25) is 0 Å². The van der Waals surface area contributed by atoms with Crippen LogP contribution in [0.5, 0.6) is 0 Å². The maximum Gasteiger partial charge on any atom is 0.289 e. The fourth-order valence-electron chi connectivity index (χ4n) is 7.23. The van der Waals surface area contributed by atoms with Crippen LogP contribution in [0.4, 0.5) is 0 Å². The number of likely N-dealkylation sites (tertiary alicyclic amines) is 1. The first-order valence-electron chi connectivity index (χ1n) is 16.7. The van der Waals surface area contributed by atoms with E-state index < -0.39 is 41.6 Å². The summed E-state index contributed by atoms with van der Waals surface area (Å²) in [4.78, 5) is 81.7. The molecule has 5 amide bonds. The molecule has 5 rings (SSSR count). The number of carbonyl (C=O) groups is 6. The zero-order valence-corrected chi connectivity index (χ0v) is 26.4. The van der Waals surface area contributed by atoms with Gasteiger partial charge < -0.3 is 26.2 Å². The van der Waals surface area contributed by atoms with Gasteiger partial charge >= 0.3 is 0 Å². The van der Waals surface area contributed by atoms with Crippen LogP contribution in [0.3, 0.4) is 0 Å². The SMILES string of the molecule is CC(C)NC(=O)C(=O)[C@H](C[C@@H]1CCNC1=O)NC(=O)C1C[C@@H](c2ccccc2)CN1C(=O)[C@H](NC(=O)C1CCC1)C1CCCC1. The van der Waals surface area contributed by atoms with Gasteiger partial charge in [-0.3, -0.25) is 28.8 Å². The van der Waals surface area contributed by atoms with E-state index in [0.717, 1.165) is 50.5 Å². The lowest BCUT2D eigenvalue weighted by Crippen LogP contribution is -2.58. The largest absolute Gasteiger partial charge is 0.356 e. The van der Waals surface area contributed by atoms with Crippen molar-refractivity contribution in [3.8, 4) is 0 Å². The highest BCUT2D eigenvalue weighted by atomic mass is 16.2. The van der Waals surface area contributed by atoms with Crippen LogP contribution in [0.1, 0.15) is 89.5 Å². The Bertz CT molecular complexity index is 1270. The highest BCUT2D eigenvalue weighted by Crippen LogP contribution is 2.36. The van der Waals surface area contributed by atoms with E-state index in [1.807, 2.05) is 30.3 Å². The van der Waals surface area contributed by atoms with Crippen molar-refractivity contribution in [3.05, 3.63) is 35.9 Å². The van der Waals surface area contributed by atoms with Gasteiger partial charge in [0.05, 0.1) is 6.04 Å². The molecule has 4 fully saturated rings. The molecule has 45 heavy (non-hydrogen) atoms. The highest BCUT2D eigenvalue weighted by molar-refractivity contribution is 6.38. The fourth-order valence-corrected chi connectivity index (χ4v) is 7.23. The topological polar surface area (TPSA) is 154 Å². The van der Waals surface area contributed by atoms with Crippen LogP contribution >= 0.6 is 0 Å². The van der Waals surface area contributed by atoms with E-state index in [0.29, 0.717) is 25.9 Å². The van der Waals surface area contributed by atoms with E-state index in [-0.39, 0.29) is 47.9 Å². The molecule has 0 aromatic heterocycles. The normalized spacial score (nSPS) is 24.9. The summed E-state index contributed by atoms with van der Waals surface area (Å²) in [6.45, 7) is 4.23. The number of nitrogens with one attached hydrogen (secondary N) is 4. The van der Waals surface area contributed by atoms with Crippen molar-refractivity contribution in [2.45, 2.75) is 108 Å². The van der Waals surface area contributed by atoms with Crippen LogP contribution in [0.15, 0.2) is 30.3 Å². The summed E-state index contributed by atoms with van der Waals surface area (Å²) in [5.74, 6) is -3.48. The molecule has 0 bridgehead atoms. The predicted molar refractivity (Wildman–Crippen MR) is 166 cm³/mol. The summed E-state index contributed by atoms with van der Waals surface area (Å²) in [7, 11) is 0. The third-order valence-corrected chi connectivity index (χ3v) is 10.0. The van der Waals surface area contributed by atoms with Crippen LogP contribution < -0.4 is 21.3 Å². The molecule has 2 aliphatic carbocycles. The molecule has 0 radical (unpaired) electrons. The monoisotopic (exact) mass is 621 g/mol. The zero-order valence-electron chi connectivity index (χ0n) is 26.4. The summed E-state index contributed by atoms with van der Waals surface area (Å²) < 4.78 is 0. The van der Waals surface area contributed by atoms with Gasteiger partial charge in [-0.25, -0.2) is 0 Å². The van der Waals surface area contributed by atoms with Crippen molar-refractivity contribution < 1.29 is 28.8 Å². The molecule has 244 valence electrons. The van der Waals surface area contributed by atoms with Gasteiger partial charge in [-0.05, 0) is 70.3 Å². The molecule has 11 nitrogen and oxygen atoms in total. The summed E-state index contributed by atoms with van der Waals surface area (Å²) in [6.07, 6.45) is 7.11. The Morgan fingerprint density at radius 1 is 0.889 bits per heavy atom. The summed E-state index contributed by atoms with van der Waals surface area (Å²) in [5.41, 5.74) is 0.994. The minimum atomic E-state index is -1.22. The lowest BCUT2D eigenvalue weighted by Gasteiger charge is -2.34. The molecule has 1 aromatic rings. The molecular weight excluding hydrogens is 574 g/mol. The maximum atomic E-state index is 14.4. The lowest BCUT2D eigenvalue weighted by molar-refractivity contribution is -0.145. The van der Waals surface area contributed by atoms with E-state index >= 15 is 0 Å². The summed E-state index contributed by atoms with van der Waals surface area (Å²) in [6, 6.07) is 6.56. The van der Waals surface area contributed by atoms with Crippen LogP contribution in [0.25, 0.3) is 0 Å². The second-order valence-electron chi connectivity index (χ2n) is 13.6. The Hall–Kier alpha value is -3.76. The van der Waals surface area contributed by atoms with Crippen molar-refractivity contribution in [2.24, 2.45) is 17.8 Å². The van der Waals surface area contributed by atoms with Crippen LogP contribution in [0, 0.1) is 17.8 Å². The van der Waals surface area contributed by atoms with Gasteiger partial charge in [0.2, 0.25) is 29.4 Å². The number of Topliss-reactive ketones (excluding diaryl/α,β-unsaturated/α-hetero) is 1. The first kappa shape index (κ1) is 32.6. The van der Waals surface area contributed by atoms with Crippen LogP contribution in [-0.4, -0.2) is 77.5 Å². The summed E-state index contributed by atoms with van der Waals surface area (Å²) >= 11 is 0. The molecule has 2 saturated carbocycles. The quantitative estimate of drug-likeness (QED) is 0.262. The van der Waals surface area contributed by atoms with Gasteiger partial charge in [0.15, 0.2) is 0 Å². The standard InChI is InChI=1S/C34H47N5O6/c1-20(2)36-33(44)29(40)26(17-24-15-16-35-30(24)41)37-32(43)27-18-25(21-9-4-3-5-10-21)19-39(27)34(45)28(22-11-6-7-12-22)38-31(42)23-13-8-14-23/h3-5,9-10,20,22-28H,6-8,11-19H2,1-2H3,(H,35,41)(H,36,44)(H,37,43)(H,38,42)/t24-,25+,26-,27?,28+/m0/s1. The predicted octanol–water partition coefficient (Wildman–Crippen LogP) is 1.95. The average Bonchev–Trinajstić information content (AvgIpc) is 3.76.